The van der Waals surface area contributed by atoms with E-state index in [1.54, 1.807) is 24.3 Å². The van der Waals surface area contributed by atoms with E-state index in [2.05, 4.69) is 22.4 Å². The van der Waals surface area contributed by atoms with E-state index in [1.165, 1.54) is 18.4 Å². The van der Waals surface area contributed by atoms with Gasteiger partial charge in [0, 0.05) is 9.90 Å². The molecule has 0 fully saturated rings. The third kappa shape index (κ3) is 5.87. The van der Waals surface area contributed by atoms with Gasteiger partial charge in [-0.1, -0.05) is 30.3 Å². The van der Waals surface area contributed by atoms with Gasteiger partial charge in [-0.3, -0.25) is 4.79 Å². The zero-order chi connectivity index (χ0) is 23.4. The highest BCUT2D eigenvalue weighted by Crippen LogP contribution is 2.40. The number of carbonyl (C=O) groups is 2. The van der Waals surface area contributed by atoms with Crippen LogP contribution >= 0.6 is 34.7 Å². The predicted molar refractivity (Wildman–Crippen MR) is 126 cm³/mol. The molecule has 11 heteroatoms. The number of carbonyl (C=O) groups excluding carboxylic acids is 2. The SMILES string of the molecule is COC(=O)c1c(NC(=O)CSc2nnc(COc3ccc(Cl)cc3)o2)sc2c1CCC(C)C2. The van der Waals surface area contributed by atoms with E-state index < -0.39 is 5.97 Å². The van der Waals surface area contributed by atoms with E-state index in [4.69, 9.17) is 25.5 Å². The number of rotatable bonds is 8. The summed E-state index contributed by atoms with van der Waals surface area (Å²) < 4.78 is 16.1. The number of anilines is 1. The monoisotopic (exact) mass is 507 g/mol. The van der Waals surface area contributed by atoms with E-state index in [0.29, 0.717) is 33.1 Å². The first-order valence-electron chi connectivity index (χ1n) is 10.3. The zero-order valence-corrected chi connectivity index (χ0v) is 20.4. The number of hydrogen-bond acceptors (Lipinski definition) is 9. The first kappa shape index (κ1) is 23.6. The normalized spacial score (nSPS) is 15.1. The lowest BCUT2D eigenvalue weighted by Gasteiger charge is -2.18. The number of nitrogens with zero attached hydrogens (tertiary/aromatic N) is 2. The highest BCUT2D eigenvalue weighted by Gasteiger charge is 2.29. The average molecular weight is 508 g/mol. The summed E-state index contributed by atoms with van der Waals surface area (Å²) >= 11 is 8.41. The van der Waals surface area contributed by atoms with Gasteiger partial charge in [-0.25, -0.2) is 4.79 Å². The fraction of sp³-hybridized carbons (Fsp3) is 0.364. The molecule has 1 aromatic carbocycles. The van der Waals surface area contributed by atoms with Gasteiger partial charge in [-0.2, -0.15) is 0 Å². The minimum atomic E-state index is -0.424. The zero-order valence-electron chi connectivity index (χ0n) is 18.1. The fourth-order valence-electron chi connectivity index (χ4n) is 3.48. The molecule has 1 unspecified atom stereocenters. The van der Waals surface area contributed by atoms with Crippen molar-refractivity contribution in [2.75, 3.05) is 18.2 Å². The Balaban J connectivity index is 1.33. The summed E-state index contributed by atoms with van der Waals surface area (Å²) in [5, 5.41) is 12.1. The third-order valence-electron chi connectivity index (χ3n) is 5.11. The maximum atomic E-state index is 12.6. The number of ether oxygens (including phenoxy) is 2. The van der Waals surface area contributed by atoms with Gasteiger partial charge in [0.05, 0.1) is 18.4 Å². The van der Waals surface area contributed by atoms with Crippen LogP contribution in [0.25, 0.3) is 0 Å². The lowest BCUT2D eigenvalue weighted by Crippen LogP contribution is -2.17. The Bertz CT molecular complexity index is 1150. The van der Waals surface area contributed by atoms with Gasteiger partial charge in [0.1, 0.15) is 10.8 Å². The Kier molecular flexibility index (Phi) is 7.56. The van der Waals surface area contributed by atoms with E-state index in [-0.39, 0.29) is 23.5 Å². The van der Waals surface area contributed by atoms with Crippen LogP contribution in [0.4, 0.5) is 5.00 Å². The Morgan fingerprint density at radius 1 is 1.30 bits per heavy atom. The molecule has 2 aromatic heterocycles. The van der Waals surface area contributed by atoms with Gasteiger partial charge in [0.25, 0.3) is 11.1 Å². The Hall–Kier alpha value is -2.56. The van der Waals surface area contributed by atoms with Crippen molar-refractivity contribution < 1.29 is 23.5 Å². The molecule has 1 aliphatic carbocycles. The van der Waals surface area contributed by atoms with Gasteiger partial charge < -0.3 is 19.2 Å². The van der Waals surface area contributed by atoms with Crippen LogP contribution in [0.1, 0.15) is 40.0 Å². The summed E-state index contributed by atoms with van der Waals surface area (Å²) in [7, 11) is 1.35. The van der Waals surface area contributed by atoms with Crippen LogP contribution < -0.4 is 10.1 Å². The first-order chi connectivity index (χ1) is 15.9. The molecule has 0 bridgehead atoms. The maximum absolute atomic E-state index is 12.6. The van der Waals surface area contributed by atoms with Crippen LogP contribution in [0.15, 0.2) is 33.9 Å². The van der Waals surface area contributed by atoms with Crippen molar-refractivity contribution in [3.8, 4) is 5.75 Å². The molecule has 0 spiro atoms. The van der Waals surface area contributed by atoms with Gasteiger partial charge in [0.2, 0.25) is 5.91 Å². The second-order valence-corrected chi connectivity index (χ2v) is 10.1. The average Bonchev–Trinajstić information content (AvgIpc) is 3.40. The maximum Gasteiger partial charge on any atom is 0.341 e. The number of esters is 1. The summed E-state index contributed by atoms with van der Waals surface area (Å²) in [6.45, 7) is 2.29. The topological polar surface area (TPSA) is 104 Å². The van der Waals surface area contributed by atoms with Crippen molar-refractivity contribution in [3.63, 3.8) is 0 Å². The molecule has 0 saturated heterocycles. The number of thiophene rings is 1. The molecule has 3 aromatic rings. The molecule has 4 rings (SSSR count). The highest BCUT2D eigenvalue weighted by molar-refractivity contribution is 7.99. The number of fused-ring (bicyclic) bond motifs is 1. The molecular formula is C22H22ClN3O5S2. The van der Waals surface area contributed by atoms with Crippen LogP contribution in [0.3, 0.4) is 0 Å². The molecule has 8 nitrogen and oxygen atoms in total. The number of benzene rings is 1. The molecule has 2 heterocycles. The smallest absolute Gasteiger partial charge is 0.341 e. The number of hydrogen-bond donors (Lipinski definition) is 1. The number of amides is 1. The minimum Gasteiger partial charge on any atom is -0.484 e. The van der Waals surface area contributed by atoms with Crippen molar-refractivity contribution in [3.05, 3.63) is 51.2 Å². The number of nitrogens with one attached hydrogen (secondary N) is 1. The molecule has 1 atom stereocenters. The highest BCUT2D eigenvalue weighted by atomic mass is 35.5. The minimum absolute atomic E-state index is 0.0548. The van der Waals surface area contributed by atoms with Gasteiger partial charge in [0.15, 0.2) is 6.61 Å². The molecule has 1 amide bonds. The van der Waals surface area contributed by atoms with Crippen LogP contribution in [0, 0.1) is 5.92 Å². The summed E-state index contributed by atoms with van der Waals surface area (Å²) in [5.41, 5.74) is 1.47. The quantitative estimate of drug-likeness (QED) is 0.335. The molecule has 0 radical (unpaired) electrons. The lowest BCUT2D eigenvalue weighted by molar-refractivity contribution is -0.113. The molecule has 0 aliphatic heterocycles. The number of thioether (sulfide) groups is 1. The Labute approximate surface area is 204 Å². The summed E-state index contributed by atoms with van der Waals surface area (Å²) in [6.07, 6.45) is 2.72. The molecule has 0 saturated carbocycles. The van der Waals surface area contributed by atoms with E-state index in [1.807, 2.05) is 0 Å². The van der Waals surface area contributed by atoms with Crippen molar-refractivity contribution >= 4 is 51.6 Å². The van der Waals surface area contributed by atoms with Gasteiger partial charge >= 0.3 is 5.97 Å². The molecule has 33 heavy (non-hydrogen) atoms. The summed E-state index contributed by atoms with van der Waals surface area (Å²) in [6, 6.07) is 6.93. The molecule has 174 valence electrons. The van der Waals surface area contributed by atoms with E-state index >= 15 is 0 Å². The van der Waals surface area contributed by atoms with Gasteiger partial charge in [-0.15, -0.1) is 21.5 Å². The van der Waals surface area contributed by atoms with Gasteiger partial charge in [-0.05, 0) is 55.0 Å². The Morgan fingerprint density at radius 3 is 2.85 bits per heavy atom. The molecule has 1 N–H and O–H groups in total. The number of aromatic nitrogens is 2. The van der Waals surface area contributed by atoms with Crippen molar-refractivity contribution in [1.82, 2.24) is 10.2 Å². The predicted octanol–water partition coefficient (Wildman–Crippen LogP) is 5.01. The van der Waals surface area contributed by atoms with Crippen LogP contribution in [-0.4, -0.2) is 34.9 Å². The number of methoxy groups -OCH3 is 1. The standard InChI is InChI=1S/C22H22ClN3O5S2/c1-12-3-8-15-16(9-12)33-20(19(15)21(28)29-2)24-17(27)11-32-22-26-25-18(31-22)10-30-14-6-4-13(23)5-7-14/h4-7,12H,3,8-11H2,1-2H3,(H,24,27). The van der Waals surface area contributed by atoms with E-state index in [0.717, 1.165) is 41.5 Å². The third-order valence-corrected chi connectivity index (χ3v) is 7.35. The summed E-state index contributed by atoms with van der Waals surface area (Å²) in [5.74, 6) is 0.832. The van der Waals surface area contributed by atoms with Crippen LogP contribution in [-0.2, 0) is 29.0 Å². The van der Waals surface area contributed by atoms with E-state index in [9.17, 15) is 9.59 Å². The Morgan fingerprint density at radius 2 is 2.09 bits per heavy atom. The second-order valence-electron chi connectivity index (χ2n) is 7.59. The van der Waals surface area contributed by atoms with Crippen LogP contribution in [0.5, 0.6) is 5.75 Å². The largest absolute Gasteiger partial charge is 0.484 e. The fourth-order valence-corrected chi connectivity index (χ4v) is 5.60. The van der Waals surface area contributed by atoms with Crippen molar-refractivity contribution in [2.45, 2.75) is 38.0 Å². The molecule has 1 aliphatic rings. The second kappa shape index (κ2) is 10.6. The lowest BCUT2D eigenvalue weighted by atomic mass is 9.88. The summed E-state index contributed by atoms with van der Waals surface area (Å²) in [4.78, 5) is 26.1. The van der Waals surface area contributed by atoms with Crippen molar-refractivity contribution in [1.29, 1.82) is 0 Å². The van der Waals surface area contributed by atoms with Crippen LogP contribution in [0.2, 0.25) is 5.02 Å². The number of halogens is 1. The first-order valence-corrected chi connectivity index (χ1v) is 12.5. The molecular weight excluding hydrogens is 486 g/mol. The van der Waals surface area contributed by atoms with Crippen molar-refractivity contribution in [2.24, 2.45) is 5.92 Å².